The summed E-state index contributed by atoms with van der Waals surface area (Å²) in [5.41, 5.74) is 0. The van der Waals surface area contributed by atoms with Gasteiger partial charge < -0.3 is 14.7 Å². The first-order chi connectivity index (χ1) is 11.8. The Bertz CT molecular complexity index is 567. The molecule has 2 rings (SSSR count). The van der Waals surface area contributed by atoms with Crippen LogP contribution in [0.2, 0.25) is 0 Å². The fraction of sp³-hybridized carbons (Fsp3) is 0.875. The summed E-state index contributed by atoms with van der Waals surface area (Å²) >= 11 is 0. The number of carbonyl (C=O) groups is 2. The summed E-state index contributed by atoms with van der Waals surface area (Å²) in [5, 5.41) is 9.10. The number of hydrogen-bond acceptors (Lipinski definition) is 5. The van der Waals surface area contributed by atoms with Crippen molar-refractivity contribution in [2.75, 3.05) is 38.6 Å². The number of amides is 1. The largest absolute Gasteiger partial charge is 0.480 e. The fourth-order valence-corrected chi connectivity index (χ4v) is 4.15. The Morgan fingerprint density at radius 1 is 1.20 bits per heavy atom. The average Bonchev–Trinajstić information content (AvgIpc) is 3.40. The number of carboxylic acids is 1. The highest BCUT2D eigenvalue weighted by Gasteiger charge is 2.32. The van der Waals surface area contributed by atoms with Crippen molar-refractivity contribution >= 4 is 21.9 Å². The van der Waals surface area contributed by atoms with Crippen molar-refractivity contribution in [3.05, 3.63) is 0 Å². The summed E-state index contributed by atoms with van der Waals surface area (Å²) in [7, 11) is -3.24. The topological polar surface area (TPSA) is 104 Å². The number of sulfonamides is 1. The normalized spacial score (nSPS) is 19.7. The van der Waals surface area contributed by atoms with Gasteiger partial charge in [-0.2, -0.15) is 0 Å². The molecule has 0 radical (unpaired) electrons. The minimum absolute atomic E-state index is 0.0494. The number of piperidine rings is 1. The van der Waals surface area contributed by atoms with E-state index in [9.17, 15) is 18.0 Å². The molecule has 0 aromatic rings. The standard InChI is InChI=1S/C16H28N2O6S/c1-2-25(22,23)17-8-5-14(6-9-17)18(11-16(20)21)15(19)7-10-24-12-13-3-4-13/h13-14H,2-12H2,1H3,(H,20,21). The molecule has 2 aliphatic rings. The molecule has 0 spiro atoms. The highest BCUT2D eigenvalue weighted by molar-refractivity contribution is 7.89. The van der Waals surface area contributed by atoms with Crippen LogP contribution in [0.4, 0.5) is 0 Å². The van der Waals surface area contributed by atoms with E-state index in [2.05, 4.69) is 0 Å². The number of rotatable bonds is 10. The molecule has 1 heterocycles. The van der Waals surface area contributed by atoms with Gasteiger partial charge in [0.25, 0.3) is 0 Å². The van der Waals surface area contributed by atoms with Crippen molar-refractivity contribution in [3.8, 4) is 0 Å². The zero-order valence-corrected chi connectivity index (χ0v) is 15.5. The van der Waals surface area contributed by atoms with Crippen LogP contribution in [0, 0.1) is 5.92 Å². The van der Waals surface area contributed by atoms with Crippen molar-refractivity contribution in [1.29, 1.82) is 0 Å². The number of nitrogens with zero attached hydrogens (tertiary/aromatic N) is 2. The lowest BCUT2D eigenvalue weighted by atomic mass is 10.0. The maximum atomic E-state index is 12.4. The fourth-order valence-electron chi connectivity index (χ4n) is 3.02. The number of carboxylic acid groups (broad SMARTS) is 1. The summed E-state index contributed by atoms with van der Waals surface area (Å²) in [4.78, 5) is 24.9. The molecule has 1 aliphatic heterocycles. The Morgan fingerprint density at radius 3 is 2.36 bits per heavy atom. The number of aliphatic carboxylic acids is 1. The van der Waals surface area contributed by atoms with Crippen molar-refractivity contribution < 1.29 is 27.9 Å². The van der Waals surface area contributed by atoms with E-state index in [-0.39, 0.29) is 30.7 Å². The average molecular weight is 376 g/mol. The molecule has 0 atom stereocenters. The van der Waals surface area contributed by atoms with Crippen LogP contribution in [0.3, 0.4) is 0 Å². The molecule has 144 valence electrons. The predicted octanol–water partition coefficient (Wildman–Crippen LogP) is 0.530. The third-order valence-electron chi connectivity index (χ3n) is 4.76. The first-order valence-electron chi connectivity index (χ1n) is 8.90. The Hall–Kier alpha value is -1.19. The van der Waals surface area contributed by atoms with Crippen molar-refractivity contribution in [1.82, 2.24) is 9.21 Å². The van der Waals surface area contributed by atoms with E-state index >= 15 is 0 Å². The Morgan fingerprint density at radius 2 is 1.84 bits per heavy atom. The molecule has 1 saturated heterocycles. The minimum Gasteiger partial charge on any atom is -0.480 e. The lowest BCUT2D eigenvalue weighted by Crippen LogP contribution is -2.50. The van der Waals surface area contributed by atoms with Gasteiger partial charge in [0.1, 0.15) is 6.54 Å². The van der Waals surface area contributed by atoms with Crippen molar-refractivity contribution in [2.45, 2.75) is 45.1 Å². The molecule has 1 saturated carbocycles. The monoisotopic (exact) mass is 376 g/mol. The molecule has 25 heavy (non-hydrogen) atoms. The third kappa shape index (κ3) is 6.23. The smallest absolute Gasteiger partial charge is 0.323 e. The van der Waals surface area contributed by atoms with E-state index in [4.69, 9.17) is 9.84 Å². The van der Waals surface area contributed by atoms with E-state index in [1.165, 1.54) is 22.0 Å². The van der Waals surface area contributed by atoms with E-state index in [1.807, 2.05) is 0 Å². The zero-order chi connectivity index (χ0) is 18.4. The molecule has 0 bridgehead atoms. The van der Waals surface area contributed by atoms with E-state index < -0.39 is 16.0 Å². The van der Waals surface area contributed by atoms with E-state index in [0.717, 1.165) is 0 Å². The van der Waals surface area contributed by atoms with Crippen LogP contribution >= 0.6 is 0 Å². The van der Waals surface area contributed by atoms with Gasteiger partial charge in [-0.25, -0.2) is 12.7 Å². The van der Waals surface area contributed by atoms with E-state index in [0.29, 0.717) is 45.1 Å². The molecule has 2 fully saturated rings. The Balaban J connectivity index is 1.85. The lowest BCUT2D eigenvalue weighted by molar-refractivity contribution is -0.147. The summed E-state index contributed by atoms with van der Waals surface area (Å²) in [6.45, 7) is 2.86. The number of carbonyl (C=O) groups excluding carboxylic acids is 1. The van der Waals surface area contributed by atoms with Crippen LogP contribution in [0.5, 0.6) is 0 Å². The second kappa shape index (κ2) is 8.95. The molecular formula is C16H28N2O6S. The molecule has 1 amide bonds. The molecule has 9 heteroatoms. The van der Waals surface area contributed by atoms with Crippen molar-refractivity contribution in [3.63, 3.8) is 0 Å². The Labute approximate surface area is 149 Å². The van der Waals surface area contributed by atoms with Gasteiger partial charge in [0, 0.05) is 25.7 Å². The molecule has 8 nitrogen and oxygen atoms in total. The van der Waals surface area contributed by atoms with Gasteiger partial charge in [-0.1, -0.05) is 0 Å². The quantitative estimate of drug-likeness (QED) is 0.558. The van der Waals surface area contributed by atoms with Crippen LogP contribution in [0.1, 0.15) is 39.0 Å². The summed E-state index contributed by atoms with van der Waals surface area (Å²) < 4.78 is 30.7. The van der Waals surface area contributed by atoms with Crippen LogP contribution in [0.25, 0.3) is 0 Å². The molecule has 0 unspecified atom stereocenters. The number of ether oxygens (including phenoxy) is 1. The lowest BCUT2D eigenvalue weighted by Gasteiger charge is -2.37. The van der Waals surface area contributed by atoms with Gasteiger partial charge in [-0.05, 0) is 38.5 Å². The summed E-state index contributed by atoms with van der Waals surface area (Å²) in [6, 6.07) is -0.240. The van der Waals surface area contributed by atoms with Crippen LogP contribution < -0.4 is 0 Å². The van der Waals surface area contributed by atoms with Gasteiger partial charge in [0.15, 0.2) is 0 Å². The summed E-state index contributed by atoms with van der Waals surface area (Å²) in [6.07, 6.45) is 3.44. The van der Waals surface area contributed by atoms with Gasteiger partial charge >= 0.3 is 5.97 Å². The highest BCUT2D eigenvalue weighted by Crippen LogP contribution is 2.28. The van der Waals surface area contributed by atoms with Crippen LogP contribution in [-0.4, -0.2) is 79.2 Å². The van der Waals surface area contributed by atoms with Crippen molar-refractivity contribution in [2.24, 2.45) is 5.92 Å². The third-order valence-corrected chi connectivity index (χ3v) is 6.64. The molecular weight excluding hydrogens is 348 g/mol. The SMILES string of the molecule is CCS(=O)(=O)N1CCC(N(CC(=O)O)C(=O)CCOCC2CC2)CC1. The first-order valence-corrected chi connectivity index (χ1v) is 10.5. The second-order valence-corrected chi connectivity index (χ2v) is 8.97. The minimum atomic E-state index is -3.24. The number of hydrogen-bond donors (Lipinski definition) is 1. The first kappa shape index (κ1) is 20.1. The molecule has 1 N–H and O–H groups in total. The molecule has 1 aliphatic carbocycles. The highest BCUT2D eigenvalue weighted by atomic mass is 32.2. The summed E-state index contributed by atoms with van der Waals surface area (Å²) in [5.74, 6) is -0.630. The molecule has 0 aromatic carbocycles. The van der Waals surface area contributed by atoms with Gasteiger partial charge in [-0.15, -0.1) is 0 Å². The van der Waals surface area contributed by atoms with E-state index in [1.54, 1.807) is 6.92 Å². The van der Waals surface area contributed by atoms with Crippen LogP contribution in [-0.2, 0) is 24.3 Å². The van der Waals surface area contributed by atoms with Crippen LogP contribution in [0.15, 0.2) is 0 Å². The van der Waals surface area contributed by atoms with Gasteiger partial charge in [0.05, 0.1) is 18.8 Å². The predicted molar refractivity (Wildman–Crippen MR) is 91.6 cm³/mol. The second-order valence-electron chi connectivity index (χ2n) is 6.71. The zero-order valence-electron chi connectivity index (χ0n) is 14.7. The maximum Gasteiger partial charge on any atom is 0.323 e. The molecule has 0 aromatic heterocycles. The van der Waals surface area contributed by atoms with Gasteiger partial charge in [0.2, 0.25) is 15.9 Å². The maximum absolute atomic E-state index is 12.4. The van der Waals surface area contributed by atoms with Gasteiger partial charge in [-0.3, -0.25) is 9.59 Å². The Kier molecular flexibility index (Phi) is 7.21.